The monoisotopic (exact) mass is 230 g/mol. The summed E-state index contributed by atoms with van der Waals surface area (Å²) in [5, 5.41) is 21.0. The van der Waals surface area contributed by atoms with Crippen molar-refractivity contribution < 1.29 is 19.8 Å². The van der Waals surface area contributed by atoms with Gasteiger partial charge in [-0.1, -0.05) is 6.42 Å². The molecule has 3 unspecified atom stereocenters. The molecular formula is C10H18N2O4. The fourth-order valence-electron chi connectivity index (χ4n) is 1.98. The second kappa shape index (κ2) is 5.81. The minimum Gasteiger partial charge on any atom is -0.481 e. The largest absolute Gasteiger partial charge is 0.481 e. The summed E-state index contributed by atoms with van der Waals surface area (Å²) in [6.07, 6.45) is 1.76. The van der Waals surface area contributed by atoms with E-state index in [4.69, 9.17) is 10.8 Å². The minimum absolute atomic E-state index is 0.0452. The van der Waals surface area contributed by atoms with E-state index in [1.807, 2.05) is 0 Å². The maximum absolute atomic E-state index is 10.8. The molecule has 1 amide bonds. The first kappa shape index (κ1) is 12.9. The molecule has 6 heteroatoms. The number of aliphatic hydroxyl groups excluding tert-OH is 1. The Bertz CT molecular complexity index is 270. The molecule has 0 aromatic carbocycles. The van der Waals surface area contributed by atoms with E-state index in [1.54, 1.807) is 0 Å². The lowest BCUT2D eigenvalue weighted by molar-refractivity contribution is -0.143. The van der Waals surface area contributed by atoms with Crippen molar-refractivity contribution in [3.63, 3.8) is 0 Å². The maximum Gasteiger partial charge on any atom is 0.306 e. The van der Waals surface area contributed by atoms with E-state index in [0.29, 0.717) is 12.8 Å². The number of aliphatic hydroxyl groups is 1. The van der Waals surface area contributed by atoms with Gasteiger partial charge in [-0.25, -0.2) is 0 Å². The maximum atomic E-state index is 10.8. The fourth-order valence-corrected chi connectivity index (χ4v) is 1.98. The number of aliphatic carboxylic acids is 1. The van der Waals surface area contributed by atoms with E-state index < -0.39 is 18.0 Å². The zero-order chi connectivity index (χ0) is 12.1. The summed E-state index contributed by atoms with van der Waals surface area (Å²) >= 11 is 0. The number of carbonyl (C=O) groups is 2. The van der Waals surface area contributed by atoms with Crippen molar-refractivity contribution in [3.8, 4) is 0 Å². The van der Waals surface area contributed by atoms with Crippen molar-refractivity contribution in [1.29, 1.82) is 0 Å². The molecule has 6 nitrogen and oxygen atoms in total. The molecule has 3 atom stereocenters. The van der Waals surface area contributed by atoms with Gasteiger partial charge in [-0.2, -0.15) is 0 Å². The van der Waals surface area contributed by atoms with Crippen molar-refractivity contribution in [1.82, 2.24) is 5.32 Å². The molecule has 16 heavy (non-hydrogen) atoms. The van der Waals surface area contributed by atoms with Crippen LogP contribution >= 0.6 is 0 Å². The molecule has 5 N–H and O–H groups in total. The van der Waals surface area contributed by atoms with E-state index >= 15 is 0 Å². The van der Waals surface area contributed by atoms with Crippen LogP contribution in [0.1, 0.15) is 25.7 Å². The Morgan fingerprint density at radius 1 is 1.44 bits per heavy atom. The zero-order valence-corrected chi connectivity index (χ0v) is 9.06. The van der Waals surface area contributed by atoms with Gasteiger partial charge < -0.3 is 21.3 Å². The SMILES string of the molecule is NC(=O)C(O)CNC1CCCC(C(=O)O)C1. The predicted molar refractivity (Wildman–Crippen MR) is 56.6 cm³/mol. The number of primary amides is 1. The summed E-state index contributed by atoms with van der Waals surface area (Å²) in [6.45, 7) is 0.0896. The number of rotatable bonds is 5. The Hall–Kier alpha value is -1.14. The number of hydrogen-bond donors (Lipinski definition) is 4. The smallest absolute Gasteiger partial charge is 0.306 e. The third kappa shape index (κ3) is 3.79. The number of hydrogen-bond acceptors (Lipinski definition) is 4. The predicted octanol–water partition coefficient (Wildman–Crippen LogP) is -0.934. The van der Waals surface area contributed by atoms with Crippen molar-refractivity contribution in [2.45, 2.75) is 37.8 Å². The van der Waals surface area contributed by atoms with Crippen LogP contribution in [0, 0.1) is 5.92 Å². The average molecular weight is 230 g/mol. The van der Waals surface area contributed by atoms with Crippen LogP contribution < -0.4 is 11.1 Å². The fraction of sp³-hybridized carbons (Fsp3) is 0.800. The lowest BCUT2D eigenvalue weighted by Crippen LogP contribution is -2.44. The first-order chi connectivity index (χ1) is 7.50. The molecule has 0 aromatic rings. The average Bonchev–Trinajstić information content (AvgIpc) is 2.26. The molecule has 1 aliphatic rings. The van der Waals surface area contributed by atoms with Crippen LogP contribution in [0.25, 0.3) is 0 Å². The lowest BCUT2D eigenvalue weighted by atomic mass is 9.86. The standard InChI is InChI=1S/C10H18N2O4/c11-9(14)8(13)5-12-7-3-1-2-6(4-7)10(15)16/h6-8,12-13H,1-5H2,(H2,11,14)(H,15,16). The van der Waals surface area contributed by atoms with Crippen molar-refractivity contribution >= 4 is 11.9 Å². The van der Waals surface area contributed by atoms with Gasteiger partial charge in [-0.3, -0.25) is 9.59 Å². The second-order valence-corrected chi connectivity index (χ2v) is 4.23. The highest BCUT2D eigenvalue weighted by atomic mass is 16.4. The minimum atomic E-state index is -1.20. The number of nitrogens with one attached hydrogen (secondary N) is 1. The van der Waals surface area contributed by atoms with Gasteiger partial charge in [0.05, 0.1) is 5.92 Å². The van der Waals surface area contributed by atoms with Gasteiger partial charge in [0.1, 0.15) is 6.10 Å². The van der Waals surface area contributed by atoms with Crippen molar-refractivity contribution in [2.75, 3.05) is 6.54 Å². The topological polar surface area (TPSA) is 113 Å². The Labute approximate surface area is 93.8 Å². The summed E-state index contributed by atoms with van der Waals surface area (Å²) in [6, 6.07) is 0.0452. The third-order valence-electron chi connectivity index (χ3n) is 2.95. The summed E-state index contributed by atoms with van der Waals surface area (Å²) in [4.78, 5) is 21.4. The molecule has 0 heterocycles. The van der Waals surface area contributed by atoms with Gasteiger partial charge >= 0.3 is 5.97 Å². The van der Waals surface area contributed by atoms with Gasteiger partial charge in [0.15, 0.2) is 0 Å². The van der Waals surface area contributed by atoms with E-state index in [0.717, 1.165) is 12.8 Å². The Morgan fingerprint density at radius 3 is 2.69 bits per heavy atom. The van der Waals surface area contributed by atoms with E-state index in [-0.39, 0.29) is 18.5 Å². The first-order valence-corrected chi connectivity index (χ1v) is 5.44. The second-order valence-electron chi connectivity index (χ2n) is 4.23. The van der Waals surface area contributed by atoms with E-state index in [1.165, 1.54) is 0 Å². The normalized spacial score (nSPS) is 27.3. The molecule has 1 rings (SSSR count). The molecule has 1 fully saturated rings. The molecule has 0 bridgehead atoms. The highest BCUT2D eigenvalue weighted by molar-refractivity contribution is 5.78. The van der Waals surface area contributed by atoms with E-state index in [2.05, 4.69) is 5.32 Å². The first-order valence-electron chi connectivity index (χ1n) is 5.44. The van der Waals surface area contributed by atoms with Crippen LogP contribution in [0.4, 0.5) is 0 Å². The quantitative estimate of drug-likeness (QED) is 0.487. The zero-order valence-electron chi connectivity index (χ0n) is 9.06. The van der Waals surface area contributed by atoms with Crippen LogP contribution in [0.3, 0.4) is 0 Å². The van der Waals surface area contributed by atoms with Crippen LogP contribution in [0.5, 0.6) is 0 Å². The molecular weight excluding hydrogens is 212 g/mol. The van der Waals surface area contributed by atoms with Crippen LogP contribution in [-0.2, 0) is 9.59 Å². The molecule has 0 radical (unpaired) electrons. The number of carboxylic acids is 1. The van der Waals surface area contributed by atoms with Gasteiger partial charge in [0, 0.05) is 12.6 Å². The Morgan fingerprint density at radius 2 is 2.12 bits per heavy atom. The van der Waals surface area contributed by atoms with Crippen LogP contribution in [0.2, 0.25) is 0 Å². The molecule has 0 spiro atoms. The lowest BCUT2D eigenvalue weighted by Gasteiger charge is -2.27. The van der Waals surface area contributed by atoms with Gasteiger partial charge in [0.2, 0.25) is 5.91 Å². The summed E-state index contributed by atoms with van der Waals surface area (Å²) in [5.41, 5.74) is 4.90. The van der Waals surface area contributed by atoms with Crippen LogP contribution in [-0.4, -0.2) is 40.8 Å². The van der Waals surface area contributed by atoms with Crippen LogP contribution in [0.15, 0.2) is 0 Å². The molecule has 1 saturated carbocycles. The van der Waals surface area contributed by atoms with Gasteiger partial charge in [0.25, 0.3) is 0 Å². The Balaban J connectivity index is 2.32. The van der Waals surface area contributed by atoms with Gasteiger partial charge in [-0.15, -0.1) is 0 Å². The highest BCUT2D eigenvalue weighted by Gasteiger charge is 2.27. The summed E-state index contributed by atoms with van der Waals surface area (Å²) < 4.78 is 0. The molecule has 0 saturated heterocycles. The Kier molecular flexibility index (Phi) is 4.70. The summed E-state index contributed by atoms with van der Waals surface area (Å²) in [5.74, 6) is -1.86. The molecule has 92 valence electrons. The number of carbonyl (C=O) groups excluding carboxylic acids is 1. The highest BCUT2D eigenvalue weighted by Crippen LogP contribution is 2.24. The molecule has 0 aromatic heterocycles. The number of amides is 1. The van der Waals surface area contributed by atoms with Crippen molar-refractivity contribution in [3.05, 3.63) is 0 Å². The third-order valence-corrected chi connectivity index (χ3v) is 2.95. The number of nitrogens with two attached hydrogens (primary N) is 1. The van der Waals surface area contributed by atoms with E-state index in [9.17, 15) is 14.7 Å². The van der Waals surface area contributed by atoms with Gasteiger partial charge in [-0.05, 0) is 19.3 Å². The number of carboxylic acid groups (broad SMARTS) is 1. The van der Waals surface area contributed by atoms with Crippen molar-refractivity contribution in [2.24, 2.45) is 11.7 Å². The summed E-state index contributed by atoms with van der Waals surface area (Å²) in [7, 11) is 0. The molecule has 1 aliphatic carbocycles. The molecule has 0 aliphatic heterocycles.